The van der Waals surface area contributed by atoms with Crippen molar-refractivity contribution in [2.75, 3.05) is 19.7 Å². The fourth-order valence-corrected chi connectivity index (χ4v) is 7.31. The van der Waals surface area contributed by atoms with Crippen LogP contribution in [-0.2, 0) is 0 Å². The van der Waals surface area contributed by atoms with Crippen LogP contribution in [0.5, 0.6) is 0 Å². The summed E-state index contributed by atoms with van der Waals surface area (Å²) in [6.45, 7) is 2.23. The van der Waals surface area contributed by atoms with E-state index in [2.05, 4.69) is 34.1 Å². The Morgan fingerprint density at radius 3 is 2.00 bits per heavy atom. The Morgan fingerprint density at radius 2 is 1.44 bits per heavy atom. The topological polar surface area (TPSA) is 26.7 Å². The third kappa shape index (κ3) is 4.35. The second-order valence-electron chi connectivity index (χ2n) is 9.83. The molecule has 0 spiro atoms. The summed E-state index contributed by atoms with van der Waals surface area (Å²) in [6.07, 6.45) is 8.83. The Bertz CT molecular complexity index is 861. The fraction of sp³-hybridized carbons (Fsp3) is 0.556. The van der Waals surface area contributed by atoms with E-state index in [9.17, 15) is 5.11 Å². The third-order valence-electron chi connectivity index (χ3n) is 8.12. The zero-order valence-electron chi connectivity index (χ0n) is 18.7. The highest BCUT2D eigenvalue weighted by atomic mass is 35.5. The van der Waals surface area contributed by atoms with E-state index in [0.717, 1.165) is 34.3 Å². The molecule has 5 heteroatoms. The number of likely N-dealkylation sites (tertiary alicyclic amines) is 1. The van der Waals surface area contributed by atoms with Crippen molar-refractivity contribution < 1.29 is 5.11 Å². The van der Waals surface area contributed by atoms with Gasteiger partial charge in [0.25, 0.3) is 0 Å². The Balaban J connectivity index is 1.46. The van der Waals surface area contributed by atoms with E-state index in [0.29, 0.717) is 24.0 Å². The summed E-state index contributed by atoms with van der Waals surface area (Å²) >= 11 is 13.5. The van der Waals surface area contributed by atoms with Crippen molar-refractivity contribution in [1.29, 1.82) is 0 Å². The molecule has 172 valence electrons. The van der Waals surface area contributed by atoms with Gasteiger partial charge in [-0.2, -0.15) is 0 Å². The van der Waals surface area contributed by atoms with Gasteiger partial charge in [0.05, 0.1) is 12.6 Å². The Labute approximate surface area is 202 Å². The van der Waals surface area contributed by atoms with E-state index < -0.39 is 0 Å². The summed E-state index contributed by atoms with van der Waals surface area (Å²) in [6, 6.07) is 18.4. The lowest BCUT2D eigenvalue weighted by Gasteiger charge is -2.49. The normalized spacial score (nSPS) is 29.0. The molecule has 0 saturated carbocycles. The third-order valence-corrected chi connectivity index (χ3v) is 8.81. The van der Waals surface area contributed by atoms with Crippen LogP contribution in [0.3, 0.4) is 0 Å². The highest BCUT2D eigenvalue weighted by molar-refractivity contribution is 6.32. The summed E-state index contributed by atoms with van der Waals surface area (Å²) in [4.78, 5) is 5.32. The number of hydrogen-bond acceptors (Lipinski definition) is 3. The van der Waals surface area contributed by atoms with E-state index >= 15 is 0 Å². The first-order valence-electron chi connectivity index (χ1n) is 12.3. The van der Waals surface area contributed by atoms with Gasteiger partial charge >= 0.3 is 0 Å². The van der Waals surface area contributed by atoms with Crippen LogP contribution in [0.1, 0.15) is 62.1 Å². The zero-order chi connectivity index (χ0) is 22.1. The minimum absolute atomic E-state index is 0.0933. The number of benzene rings is 2. The summed E-state index contributed by atoms with van der Waals surface area (Å²) in [5.74, 6) is 0.716. The quantitative estimate of drug-likeness (QED) is 0.543. The van der Waals surface area contributed by atoms with Crippen LogP contribution in [0.4, 0.5) is 0 Å². The molecule has 3 aliphatic rings. The van der Waals surface area contributed by atoms with Gasteiger partial charge in [-0.25, -0.2) is 0 Å². The van der Waals surface area contributed by atoms with E-state index in [4.69, 9.17) is 23.2 Å². The highest BCUT2D eigenvalue weighted by Crippen LogP contribution is 2.49. The molecule has 32 heavy (non-hydrogen) atoms. The molecule has 2 bridgehead atoms. The Hall–Kier alpha value is -1.10. The van der Waals surface area contributed by atoms with Crippen molar-refractivity contribution in [2.24, 2.45) is 5.92 Å². The molecule has 1 N–H and O–H groups in total. The van der Waals surface area contributed by atoms with Gasteiger partial charge < -0.3 is 5.11 Å². The van der Waals surface area contributed by atoms with E-state index in [1.807, 2.05) is 24.3 Å². The van der Waals surface area contributed by atoms with Crippen molar-refractivity contribution >= 4 is 23.2 Å². The molecular formula is C27H34Cl2N2O. The van der Waals surface area contributed by atoms with Crippen molar-refractivity contribution in [1.82, 2.24) is 9.80 Å². The number of rotatable bonds is 6. The number of halogens is 2. The van der Waals surface area contributed by atoms with Gasteiger partial charge in [0.1, 0.15) is 0 Å². The van der Waals surface area contributed by atoms with Crippen molar-refractivity contribution in [3.63, 3.8) is 0 Å². The first-order valence-corrected chi connectivity index (χ1v) is 13.0. The molecule has 5 rings (SSSR count). The lowest BCUT2D eigenvalue weighted by Crippen LogP contribution is -2.52. The Kier molecular flexibility index (Phi) is 7.11. The molecule has 3 saturated heterocycles. The maximum atomic E-state index is 9.60. The van der Waals surface area contributed by atoms with Crippen molar-refractivity contribution in [3.05, 3.63) is 69.7 Å². The van der Waals surface area contributed by atoms with Crippen LogP contribution in [-0.4, -0.2) is 52.7 Å². The summed E-state index contributed by atoms with van der Waals surface area (Å²) in [7, 11) is 0. The van der Waals surface area contributed by atoms with Gasteiger partial charge in [-0.3, -0.25) is 9.80 Å². The molecule has 4 atom stereocenters. The molecule has 0 aliphatic carbocycles. The lowest BCUT2D eigenvalue weighted by atomic mass is 9.79. The average Bonchev–Trinajstić information content (AvgIpc) is 3.05. The smallest absolute Gasteiger partial charge is 0.0635 e. The molecule has 2 unspecified atom stereocenters. The summed E-state index contributed by atoms with van der Waals surface area (Å²) in [5, 5.41) is 11.2. The number of β-amino-alcohol motifs (C(OH)–C–C–N with tert-alkyl or cyclic N) is 1. The maximum Gasteiger partial charge on any atom is 0.0635 e. The number of aliphatic hydroxyl groups excluding tert-OH is 1. The van der Waals surface area contributed by atoms with Crippen LogP contribution in [0, 0.1) is 5.92 Å². The van der Waals surface area contributed by atoms with E-state index in [1.54, 1.807) is 0 Å². The van der Waals surface area contributed by atoms with Crippen LogP contribution in [0.25, 0.3) is 0 Å². The molecule has 0 amide bonds. The van der Waals surface area contributed by atoms with Crippen LogP contribution >= 0.6 is 23.2 Å². The van der Waals surface area contributed by atoms with Crippen LogP contribution in [0.2, 0.25) is 10.0 Å². The molecule has 3 nitrogen and oxygen atoms in total. The van der Waals surface area contributed by atoms with E-state index in [1.165, 1.54) is 44.9 Å². The minimum atomic E-state index is 0.0933. The number of aliphatic hydroxyl groups is 1. The summed E-state index contributed by atoms with van der Waals surface area (Å²) in [5.41, 5.74) is 2.33. The number of fused-ring (bicyclic) bond motifs is 2. The van der Waals surface area contributed by atoms with Gasteiger partial charge in [-0.1, -0.05) is 66.0 Å². The lowest BCUT2D eigenvalue weighted by molar-refractivity contribution is 0.0116. The Morgan fingerprint density at radius 1 is 0.844 bits per heavy atom. The molecule has 3 fully saturated rings. The monoisotopic (exact) mass is 472 g/mol. The number of piperidine rings is 2. The first kappa shape index (κ1) is 22.7. The second-order valence-corrected chi connectivity index (χ2v) is 10.6. The van der Waals surface area contributed by atoms with Gasteiger partial charge in [0.2, 0.25) is 0 Å². The predicted molar refractivity (Wildman–Crippen MR) is 132 cm³/mol. The highest BCUT2D eigenvalue weighted by Gasteiger charge is 2.47. The first-order chi connectivity index (χ1) is 15.7. The van der Waals surface area contributed by atoms with Crippen LogP contribution < -0.4 is 0 Å². The standard InChI is InChI=1S/C27H34Cl2N2O/c28-24-9-3-1-7-22(24)27(23-8-2-4-10-25(23)29)31-20-12-13-21(31)18-19(17-20)26-11-5-6-14-30(26)15-16-32/h1-4,7-10,19-21,26-27,32H,5-6,11-18H2/t19?,20-,21+,26?. The minimum Gasteiger partial charge on any atom is -0.395 e. The molecule has 3 aliphatic heterocycles. The fourth-order valence-electron chi connectivity index (χ4n) is 6.83. The molecule has 2 aromatic rings. The summed E-state index contributed by atoms with van der Waals surface area (Å²) < 4.78 is 0. The molecule has 2 aromatic carbocycles. The van der Waals surface area contributed by atoms with Gasteiger partial charge in [-0.15, -0.1) is 0 Å². The average molecular weight is 473 g/mol. The molecular weight excluding hydrogens is 439 g/mol. The number of nitrogens with zero attached hydrogens (tertiary/aromatic N) is 2. The van der Waals surface area contributed by atoms with Gasteiger partial charge in [-0.05, 0) is 74.2 Å². The maximum absolute atomic E-state index is 9.60. The molecule has 0 radical (unpaired) electrons. The van der Waals surface area contributed by atoms with Gasteiger partial charge in [0.15, 0.2) is 0 Å². The zero-order valence-corrected chi connectivity index (χ0v) is 20.2. The number of hydrogen-bond donors (Lipinski definition) is 1. The SMILES string of the molecule is OCCN1CCCCC1C1C[C@H]2CC[C@@H](C1)N2C(c1ccccc1Cl)c1ccccc1Cl. The largest absolute Gasteiger partial charge is 0.395 e. The second kappa shape index (κ2) is 10.0. The van der Waals surface area contributed by atoms with E-state index in [-0.39, 0.29) is 12.6 Å². The predicted octanol–water partition coefficient (Wildman–Crippen LogP) is 6.17. The van der Waals surface area contributed by atoms with Crippen LogP contribution in [0.15, 0.2) is 48.5 Å². The van der Waals surface area contributed by atoms with Gasteiger partial charge in [0, 0.05) is 34.7 Å². The van der Waals surface area contributed by atoms with Crippen molar-refractivity contribution in [3.8, 4) is 0 Å². The molecule has 3 heterocycles. The van der Waals surface area contributed by atoms with Crippen molar-refractivity contribution in [2.45, 2.75) is 69.1 Å². The molecule has 0 aromatic heterocycles.